The van der Waals surface area contributed by atoms with Gasteiger partial charge in [-0.3, -0.25) is 9.88 Å². The molecule has 1 unspecified atom stereocenters. The van der Waals surface area contributed by atoms with Crippen molar-refractivity contribution < 1.29 is 0 Å². The molecule has 0 spiro atoms. The minimum absolute atomic E-state index is 0.638. The van der Waals surface area contributed by atoms with Crippen molar-refractivity contribution in [2.75, 3.05) is 13.6 Å². The molecule has 3 rings (SSSR count). The van der Waals surface area contributed by atoms with E-state index in [4.69, 9.17) is 0 Å². The van der Waals surface area contributed by atoms with E-state index < -0.39 is 0 Å². The Morgan fingerprint density at radius 2 is 1.84 bits per heavy atom. The van der Waals surface area contributed by atoms with Gasteiger partial charge in [0.1, 0.15) is 0 Å². The van der Waals surface area contributed by atoms with E-state index in [1.54, 1.807) is 0 Å². The van der Waals surface area contributed by atoms with E-state index in [0.717, 1.165) is 12.1 Å². The zero-order chi connectivity index (χ0) is 13.1. The summed E-state index contributed by atoms with van der Waals surface area (Å²) >= 11 is 0. The highest BCUT2D eigenvalue weighted by atomic mass is 15.2. The van der Waals surface area contributed by atoms with E-state index in [1.165, 1.54) is 50.6 Å². The summed E-state index contributed by atoms with van der Waals surface area (Å²) in [5.41, 5.74) is 1.46. The normalized spacial score (nSPS) is 32.6. The molecule has 2 heterocycles. The Morgan fingerprint density at radius 1 is 1.11 bits per heavy atom. The summed E-state index contributed by atoms with van der Waals surface area (Å²) in [7, 11) is 2.10. The molecule has 1 atom stereocenters. The summed E-state index contributed by atoms with van der Waals surface area (Å²) in [6, 6.07) is 6.58. The molecule has 1 N–H and O–H groups in total. The van der Waals surface area contributed by atoms with E-state index >= 15 is 0 Å². The van der Waals surface area contributed by atoms with Gasteiger partial charge in [-0.15, -0.1) is 0 Å². The largest absolute Gasteiger partial charge is 0.317 e. The maximum absolute atomic E-state index is 4.15. The number of nitrogens with one attached hydrogen (secondary N) is 1. The number of hydrogen-bond acceptors (Lipinski definition) is 3. The molecule has 2 aliphatic rings. The predicted molar refractivity (Wildman–Crippen MR) is 78.0 cm³/mol. The Kier molecular flexibility index (Phi) is 4.14. The lowest BCUT2D eigenvalue weighted by atomic mass is 9.89. The quantitative estimate of drug-likeness (QED) is 0.904. The van der Waals surface area contributed by atoms with Crippen LogP contribution in [0, 0.1) is 0 Å². The summed E-state index contributed by atoms with van der Waals surface area (Å²) in [6.07, 6.45) is 11.9. The van der Waals surface area contributed by atoms with Gasteiger partial charge in [0.25, 0.3) is 0 Å². The number of aromatic nitrogens is 1. The summed E-state index contributed by atoms with van der Waals surface area (Å²) in [5, 5.41) is 3.43. The highest BCUT2D eigenvalue weighted by Crippen LogP contribution is 2.37. The van der Waals surface area contributed by atoms with Crippen LogP contribution in [0.1, 0.15) is 50.1 Å². The van der Waals surface area contributed by atoms with E-state index in [0.29, 0.717) is 6.04 Å². The summed E-state index contributed by atoms with van der Waals surface area (Å²) < 4.78 is 0. The predicted octanol–water partition coefficient (Wildman–Crippen LogP) is 2.75. The first kappa shape index (κ1) is 13.1. The van der Waals surface area contributed by atoms with Crippen molar-refractivity contribution in [2.24, 2.45) is 0 Å². The maximum atomic E-state index is 4.15. The zero-order valence-electron chi connectivity index (χ0n) is 11.9. The van der Waals surface area contributed by atoms with E-state index in [2.05, 4.69) is 34.4 Å². The van der Waals surface area contributed by atoms with E-state index in [-0.39, 0.29) is 0 Å². The fourth-order valence-corrected chi connectivity index (χ4v) is 3.87. The fraction of sp³-hybridized carbons (Fsp3) is 0.688. The van der Waals surface area contributed by atoms with Gasteiger partial charge in [-0.2, -0.15) is 0 Å². The van der Waals surface area contributed by atoms with Crippen LogP contribution in [0.15, 0.2) is 24.5 Å². The first-order valence-electron chi connectivity index (χ1n) is 7.71. The molecule has 2 fully saturated rings. The maximum Gasteiger partial charge on any atom is 0.0352 e. The van der Waals surface area contributed by atoms with Crippen LogP contribution in [0.3, 0.4) is 0 Å². The number of hydrogen-bond donors (Lipinski definition) is 1. The first-order valence-corrected chi connectivity index (χ1v) is 7.71. The van der Waals surface area contributed by atoms with Crippen molar-refractivity contribution in [3.8, 4) is 0 Å². The van der Waals surface area contributed by atoms with Gasteiger partial charge in [-0.1, -0.05) is 0 Å². The molecule has 0 radical (unpaired) electrons. The van der Waals surface area contributed by atoms with Gasteiger partial charge < -0.3 is 5.32 Å². The van der Waals surface area contributed by atoms with Crippen LogP contribution in [0.4, 0.5) is 0 Å². The zero-order valence-corrected chi connectivity index (χ0v) is 11.9. The van der Waals surface area contributed by atoms with Crippen LogP contribution in [0.5, 0.6) is 0 Å². The van der Waals surface area contributed by atoms with Gasteiger partial charge in [0.05, 0.1) is 0 Å². The van der Waals surface area contributed by atoms with Crippen LogP contribution >= 0.6 is 0 Å². The smallest absolute Gasteiger partial charge is 0.0352 e. The minimum Gasteiger partial charge on any atom is -0.317 e. The topological polar surface area (TPSA) is 28.2 Å². The molecule has 1 aliphatic carbocycles. The van der Waals surface area contributed by atoms with Crippen LogP contribution in [0.2, 0.25) is 0 Å². The van der Waals surface area contributed by atoms with Gasteiger partial charge in [0, 0.05) is 30.5 Å². The molecular formula is C16H25N3. The van der Waals surface area contributed by atoms with Crippen molar-refractivity contribution in [2.45, 2.75) is 56.7 Å². The van der Waals surface area contributed by atoms with E-state index in [1.807, 2.05) is 12.4 Å². The van der Waals surface area contributed by atoms with Crippen LogP contribution < -0.4 is 5.32 Å². The highest BCUT2D eigenvalue weighted by Gasteiger charge is 2.33. The molecule has 0 amide bonds. The molecule has 104 valence electrons. The van der Waals surface area contributed by atoms with Gasteiger partial charge in [0.15, 0.2) is 0 Å². The van der Waals surface area contributed by atoms with Gasteiger partial charge in [-0.05, 0) is 69.8 Å². The van der Waals surface area contributed by atoms with E-state index in [9.17, 15) is 0 Å². The van der Waals surface area contributed by atoms with Crippen LogP contribution in [-0.4, -0.2) is 35.6 Å². The summed E-state index contributed by atoms with van der Waals surface area (Å²) in [6.45, 7) is 1.28. The molecular weight excluding hydrogens is 234 g/mol. The van der Waals surface area contributed by atoms with Crippen molar-refractivity contribution in [1.29, 1.82) is 0 Å². The molecule has 0 aromatic carbocycles. The lowest BCUT2D eigenvalue weighted by Gasteiger charge is -2.38. The summed E-state index contributed by atoms with van der Waals surface area (Å²) in [4.78, 5) is 6.91. The Morgan fingerprint density at radius 3 is 2.53 bits per heavy atom. The van der Waals surface area contributed by atoms with Crippen molar-refractivity contribution in [3.63, 3.8) is 0 Å². The third-order valence-electron chi connectivity index (χ3n) is 4.96. The molecule has 3 nitrogen and oxygen atoms in total. The Balaban J connectivity index is 1.67. The average Bonchev–Trinajstić information content (AvgIpc) is 2.98. The monoisotopic (exact) mass is 259 g/mol. The van der Waals surface area contributed by atoms with Gasteiger partial charge in [0.2, 0.25) is 0 Å². The standard InChI is InChI=1S/C16H25N3/c1-17-14-4-6-15(7-5-14)19-12-2-3-16(19)13-8-10-18-11-9-13/h8-11,14-17H,2-7,12H2,1H3. The minimum atomic E-state index is 0.638. The van der Waals surface area contributed by atoms with Crippen molar-refractivity contribution in [1.82, 2.24) is 15.2 Å². The number of likely N-dealkylation sites (tertiary alicyclic amines) is 1. The first-order chi connectivity index (χ1) is 9.38. The lowest BCUT2D eigenvalue weighted by Crippen LogP contribution is -2.41. The second-order valence-electron chi connectivity index (χ2n) is 5.97. The fourth-order valence-electron chi connectivity index (χ4n) is 3.87. The Bertz CT molecular complexity index is 384. The van der Waals surface area contributed by atoms with Crippen molar-refractivity contribution in [3.05, 3.63) is 30.1 Å². The van der Waals surface area contributed by atoms with Crippen molar-refractivity contribution >= 4 is 0 Å². The number of pyridine rings is 1. The SMILES string of the molecule is CNC1CCC(N2CCCC2c2ccncc2)CC1. The third kappa shape index (κ3) is 2.82. The van der Waals surface area contributed by atoms with Crippen LogP contribution in [-0.2, 0) is 0 Å². The molecule has 1 saturated carbocycles. The second-order valence-corrected chi connectivity index (χ2v) is 5.97. The Labute approximate surface area is 116 Å². The van der Waals surface area contributed by atoms with Gasteiger partial charge >= 0.3 is 0 Å². The molecule has 0 bridgehead atoms. The summed E-state index contributed by atoms with van der Waals surface area (Å²) in [5.74, 6) is 0. The lowest BCUT2D eigenvalue weighted by molar-refractivity contribution is 0.132. The molecule has 1 aromatic rings. The second kappa shape index (κ2) is 6.02. The third-order valence-corrected chi connectivity index (χ3v) is 4.96. The van der Waals surface area contributed by atoms with Crippen LogP contribution in [0.25, 0.3) is 0 Å². The molecule has 1 aromatic heterocycles. The molecule has 3 heteroatoms. The number of rotatable bonds is 3. The molecule has 1 aliphatic heterocycles. The Hall–Kier alpha value is -0.930. The highest BCUT2D eigenvalue weighted by molar-refractivity contribution is 5.17. The molecule has 1 saturated heterocycles. The number of nitrogens with zero attached hydrogens (tertiary/aromatic N) is 2. The van der Waals surface area contributed by atoms with Gasteiger partial charge in [-0.25, -0.2) is 0 Å². The molecule has 19 heavy (non-hydrogen) atoms. The average molecular weight is 259 g/mol.